The van der Waals surface area contributed by atoms with Crippen molar-refractivity contribution in [1.29, 1.82) is 0 Å². The zero-order chi connectivity index (χ0) is 6.85. The first-order chi connectivity index (χ1) is 4.20. The predicted octanol–water partition coefficient (Wildman–Crippen LogP) is 2.77. The molecular weight excluding hydrogens is 108 g/mol. The fourth-order valence-electron chi connectivity index (χ4n) is 1.69. The zero-order valence-corrected chi connectivity index (χ0v) is 6.43. The molecule has 3 unspecified atom stereocenters. The molecule has 0 aliphatic heterocycles. The van der Waals surface area contributed by atoms with Gasteiger partial charge in [-0.05, 0) is 37.5 Å². The number of hydrogen-bond donors (Lipinski definition) is 0. The van der Waals surface area contributed by atoms with E-state index in [0.717, 1.165) is 11.8 Å². The molecule has 1 rings (SSSR count). The lowest BCUT2D eigenvalue weighted by Gasteiger charge is -2.29. The summed E-state index contributed by atoms with van der Waals surface area (Å²) in [6.07, 6.45) is 3.91. The highest BCUT2D eigenvalue weighted by atomic mass is 14.3. The molecule has 0 N–H and O–H groups in total. The van der Waals surface area contributed by atoms with Crippen molar-refractivity contribution in [2.24, 2.45) is 17.8 Å². The van der Waals surface area contributed by atoms with E-state index in [4.69, 9.17) is 6.92 Å². The van der Waals surface area contributed by atoms with Gasteiger partial charge in [-0.1, -0.05) is 20.3 Å². The van der Waals surface area contributed by atoms with E-state index < -0.39 is 0 Å². The second-order valence-corrected chi connectivity index (χ2v) is 3.56. The van der Waals surface area contributed by atoms with Gasteiger partial charge in [0.15, 0.2) is 0 Å². The Kier molecular flexibility index (Phi) is 2.15. The van der Waals surface area contributed by atoms with Gasteiger partial charge < -0.3 is 0 Å². The minimum Gasteiger partial charge on any atom is -0.0625 e. The van der Waals surface area contributed by atoms with Crippen molar-refractivity contribution >= 4 is 0 Å². The molecule has 0 amide bonds. The van der Waals surface area contributed by atoms with Gasteiger partial charge in [-0.3, -0.25) is 0 Å². The van der Waals surface area contributed by atoms with Crippen LogP contribution in [0.1, 0.15) is 33.1 Å². The molecule has 0 aromatic rings. The number of hydrogen-bond acceptors (Lipinski definition) is 0. The summed E-state index contributed by atoms with van der Waals surface area (Å²) in [6.45, 7) is 10.4. The average molecular weight is 124 g/mol. The Morgan fingerprint density at radius 3 is 2.33 bits per heavy atom. The van der Waals surface area contributed by atoms with E-state index in [2.05, 4.69) is 13.8 Å². The molecule has 3 atom stereocenters. The highest BCUT2D eigenvalue weighted by molar-refractivity contribution is 4.76. The summed E-state index contributed by atoms with van der Waals surface area (Å²) in [5, 5.41) is 0. The van der Waals surface area contributed by atoms with Crippen molar-refractivity contribution in [3.8, 4) is 0 Å². The van der Waals surface area contributed by atoms with Crippen LogP contribution in [-0.4, -0.2) is 0 Å². The van der Waals surface area contributed by atoms with Gasteiger partial charge in [-0.2, -0.15) is 0 Å². The van der Waals surface area contributed by atoms with Crippen molar-refractivity contribution in [2.75, 3.05) is 0 Å². The Morgan fingerprint density at radius 1 is 1.22 bits per heavy atom. The Hall–Kier alpha value is 0. The summed E-state index contributed by atoms with van der Waals surface area (Å²) in [4.78, 5) is 0. The Bertz CT molecular complexity index is 86.0. The van der Waals surface area contributed by atoms with Gasteiger partial charge in [-0.25, -0.2) is 0 Å². The Balaban J connectivity index is 2.35. The third-order valence-electron chi connectivity index (χ3n) is 2.50. The summed E-state index contributed by atoms with van der Waals surface area (Å²) >= 11 is 0. The van der Waals surface area contributed by atoms with Crippen molar-refractivity contribution in [1.82, 2.24) is 0 Å². The van der Waals surface area contributed by atoms with Crippen molar-refractivity contribution in [3.63, 3.8) is 0 Å². The Morgan fingerprint density at radius 2 is 1.89 bits per heavy atom. The minimum absolute atomic E-state index is 0.487. The third-order valence-corrected chi connectivity index (χ3v) is 2.50. The summed E-state index contributed by atoms with van der Waals surface area (Å²) in [7, 11) is 0. The average Bonchev–Trinajstić information content (AvgIpc) is 1.80. The molecule has 0 nitrogen and oxygen atoms in total. The van der Waals surface area contributed by atoms with Crippen LogP contribution in [0.5, 0.6) is 0 Å². The van der Waals surface area contributed by atoms with Gasteiger partial charge in [0.25, 0.3) is 0 Å². The molecule has 0 heterocycles. The molecule has 0 saturated heterocycles. The molecule has 0 heteroatoms. The van der Waals surface area contributed by atoms with E-state index in [1.54, 1.807) is 0 Å². The van der Waals surface area contributed by atoms with E-state index in [9.17, 15) is 0 Å². The van der Waals surface area contributed by atoms with Crippen LogP contribution in [0.25, 0.3) is 0 Å². The minimum atomic E-state index is 0.487. The van der Waals surface area contributed by atoms with Gasteiger partial charge in [0.05, 0.1) is 0 Å². The maximum Gasteiger partial charge on any atom is -0.0315 e. The summed E-state index contributed by atoms with van der Waals surface area (Å²) in [5.41, 5.74) is 0. The standard InChI is InChI=1S/C9H16/c1-7-4-5-8(2)9(3)6-7/h2,7-9H,4-6H2,1,3H3. The SMILES string of the molecule is [CH]C1CCC(C)CC1C. The quantitative estimate of drug-likeness (QED) is 0.466. The van der Waals surface area contributed by atoms with Crippen molar-refractivity contribution in [3.05, 3.63) is 6.92 Å². The second-order valence-electron chi connectivity index (χ2n) is 3.56. The first kappa shape index (κ1) is 7.11. The van der Waals surface area contributed by atoms with Crippen LogP contribution in [0.3, 0.4) is 0 Å². The molecule has 0 bridgehead atoms. The summed E-state index contributed by atoms with van der Waals surface area (Å²) in [6, 6.07) is 0. The van der Waals surface area contributed by atoms with Gasteiger partial charge >= 0.3 is 0 Å². The van der Waals surface area contributed by atoms with Crippen LogP contribution in [0.2, 0.25) is 0 Å². The maximum atomic E-state index is 5.84. The largest absolute Gasteiger partial charge is 0.0625 e. The predicted molar refractivity (Wildman–Crippen MR) is 40.0 cm³/mol. The molecule has 1 saturated carbocycles. The lowest BCUT2D eigenvalue weighted by molar-refractivity contribution is 0.241. The fourth-order valence-corrected chi connectivity index (χ4v) is 1.69. The maximum absolute atomic E-state index is 5.84. The molecule has 0 aromatic carbocycles. The summed E-state index contributed by atoms with van der Waals surface area (Å²) in [5.74, 6) is 2.16. The molecule has 0 spiro atoms. The lowest BCUT2D eigenvalue weighted by atomic mass is 9.77. The van der Waals surface area contributed by atoms with Gasteiger partial charge in [-0.15, -0.1) is 0 Å². The molecule has 52 valence electrons. The molecule has 1 aliphatic carbocycles. The van der Waals surface area contributed by atoms with Gasteiger partial charge in [0.2, 0.25) is 0 Å². The van der Waals surface area contributed by atoms with E-state index in [1.165, 1.54) is 19.3 Å². The highest BCUT2D eigenvalue weighted by Crippen LogP contribution is 2.32. The third kappa shape index (κ3) is 1.70. The normalized spacial score (nSPS) is 45.0. The van der Waals surface area contributed by atoms with Crippen LogP contribution in [-0.2, 0) is 0 Å². The highest BCUT2D eigenvalue weighted by Gasteiger charge is 2.21. The second kappa shape index (κ2) is 2.72. The van der Waals surface area contributed by atoms with E-state index >= 15 is 0 Å². The molecule has 2 radical (unpaired) electrons. The zero-order valence-electron chi connectivity index (χ0n) is 6.43. The smallest absolute Gasteiger partial charge is 0.0315 e. The Labute approximate surface area is 58.7 Å². The molecular formula is C9H16. The molecule has 0 aromatic heterocycles. The monoisotopic (exact) mass is 124 g/mol. The molecule has 9 heavy (non-hydrogen) atoms. The van der Waals surface area contributed by atoms with Crippen LogP contribution >= 0.6 is 0 Å². The first-order valence-electron chi connectivity index (χ1n) is 3.95. The van der Waals surface area contributed by atoms with Crippen LogP contribution in [0.4, 0.5) is 0 Å². The van der Waals surface area contributed by atoms with Crippen molar-refractivity contribution in [2.45, 2.75) is 33.1 Å². The molecule has 1 aliphatic rings. The first-order valence-corrected chi connectivity index (χ1v) is 3.95. The van der Waals surface area contributed by atoms with Crippen LogP contribution in [0.15, 0.2) is 0 Å². The fraction of sp³-hybridized carbons (Fsp3) is 0.889. The van der Waals surface area contributed by atoms with E-state index in [-0.39, 0.29) is 0 Å². The lowest BCUT2D eigenvalue weighted by Crippen LogP contribution is -2.18. The topological polar surface area (TPSA) is 0 Å². The van der Waals surface area contributed by atoms with E-state index in [1.807, 2.05) is 0 Å². The van der Waals surface area contributed by atoms with Crippen LogP contribution < -0.4 is 0 Å². The van der Waals surface area contributed by atoms with Crippen molar-refractivity contribution < 1.29 is 0 Å². The number of rotatable bonds is 0. The molecule has 1 fully saturated rings. The summed E-state index contributed by atoms with van der Waals surface area (Å²) < 4.78 is 0. The van der Waals surface area contributed by atoms with Gasteiger partial charge in [0, 0.05) is 0 Å². The van der Waals surface area contributed by atoms with E-state index in [0.29, 0.717) is 5.92 Å². The van der Waals surface area contributed by atoms with Crippen LogP contribution in [0, 0.1) is 24.7 Å². The van der Waals surface area contributed by atoms with Gasteiger partial charge in [0.1, 0.15) is 0 Å².